The molecule has 1 heterocycles. The maximum absolute atomic E-state index is 13.2. The topological polar surface area (TPSA) is 47.0 Å². The van der Waals surface area contributed by atoms with E-state index in [1.807, 2.05) is 0 Å². The van der Waals surface area contributed by atoms with Crippen LogP contribution in [-0.2, 0) is 11.3 Å². The van der Waals surface area contributed by atoms with Crippen molar-refractivity contribution in [2.75, 3.05) is 19.5 Å². The van der Waals surface area contributed by atoms with E-state index >= 15 is 0 Å². The molecule has 0 radical (unpaired) electrons. The lowest BCUT2D eigenvalue weighted by Crippen LogP contribution is -2.03. The van der Waals surface area contributed by atoms with Gasteiger partial charge in [-0.1, -0.05) is 0 Å². The Morgan fingerprint density at radius 2 is 1.95 bits per heavy atom. The van der Waals surface area contributed by atoms with Crippen molar-refractivity contribution in [2.45, 2.75) is 6.61 Å². The quantitative estimate of drug-likeness (QED) is 0.923. The van der Waals surface area contributed by atoms with Gasteiger partial charge in [0.2, 0.25) is 0 Å². The van der Waals surface area contributed by atoms with Gasteiger partial charge in [-0.15, -0.1) is 0 Å². The van der Waals surface area contributed by atoms with Gasteiger partial charge < -0.3 is 10.1 Å². The standard InChI is InChI=1S/C13H13F2N3O/c1-16-12-6-11(17-13(18-12)7-19-2)8-3-4-9(14)10(15)5-8/h3-6H,7H2,1-2H3,(H,16,17,18). The molecule has 0 unspecified atom stereocenters. The normalized spacial score (nSPS) is 10.5. The highest BCUT2D eigenvalue weighted by Crippen LogP contribution is 2.22. The van der Waals surface area contributed by atoms with E-state index < -0.39 is 11.6 Å². The van der Waals surface area contributed by atoms with Gasteiger partial charge in [0.25, 0.3) is 0 Å². The van der Waals surface area contributed by atoms with E-state index in [0.717, 1.165) is 12.1 Å². The highest BCUT2D eigenvalue weighted by atomic mass is 19.2. The third-order valence-corrected chi connectivity index (χ3v) is 2.52. The van der Waals surface area contributed by atoms with Gasteiger partial charge in [-0.25, -0.2) is 18.7 Å². The van der Waals surface area contributed by atoms with Gasteiger partial charge in [-0.2, -0.15) is 0 Å². The molecule has 2 rings (SSSR count). The molecule has 0 aliphatic carbocycles. The first-order valence-electron chi connectivity index (χ1n) is 5.64. The minimum Gasteiger partial charge on any atom is -0.377 e. The first-order chi connectivity index (χ1) is 9.13. The maximum atomic E-state index is 13.2. The van der Waals surface area contributed by atoms with Crippen LogP contribution in [0.3, 0.4) is 0 Å². The Balaban J connectivity index is 2.47. The van der Waals surface area contributed by atoms with Gasteiger partial charge in [0.05, 0.1) is 5.69 Å². The summed E-state index contributed by atoms with van der Waals surface area (Å²) in [5.41, 5.74) is 0.987. The number of aromatic nitrogens is 2. The van der Waals surface area contributed by atoms with Crippen molar-refractivity contribution >= 4 is 5.82 Å². The van der Waals surface area contributed by atoms with E-state index in [0.29, 0.717) is 22.9 Å². The second-order valence-electron chi connectivity index (χ2n) is 3.87. The average Bonchev–Trinajstić information content (AvgIpc) is 2.42. The number of methoxy groups -OCH3 is 1. The van der Waals surface area contributed by atoms with Crippen LogP contribution in [0.4, 0.5) is 14.6 Å². The Hall–Kier alpha value is -2.08. The zero-order valence-corrected chi connectivity index (χ0v) is 10.6. The fourth-order valence-corrected chi connectivity index (χ4v) is 1.62. The molecule has 0 spiro atoms. The molecule has 100 valence electrons. The molecule has 1 aromatic carbocycles. The Labute approximate surface area is 109 Å². The van der Waals surface area contributed by atoms with Crippen LogP contribution in [0.2, 0.25) is 0 Å². The summed E-state index contributed by atoms with van der Waals surface area (Å²) in [5, 5.41) is 2.89. The number of halogens is 2. The number of nitrogens with one attached hydrogen (secondary N) is 1. The number of nitrogens with zero attached hydrogens (tertiary/aromatic N) is 2. The van der Waals surface area contributed by atoms with Crippen LogP contribution in [-0.4, -0.2) is 24.1 Å². The molecule has 0 atom stereocenters. The maximum Gasteiger partial charge on any atom is 0.159 e. The van der Waals surface area contributed by atoms with Crippen molar-refractivity contribution in [1.29, 1.82) is 0 Å². The van der Waals surface area contributed by atoms with E-state index in [1.165, 1.54) is 13.2 Å². The molecule has 0 amide bonds. The monoisotopic (exact) mass is 265 g/mol. The van der Waals surface area contributed by atoms with Crippen molar-refractivity contribution in [3.05, 3.63) is 41.7 Å². The van der Waals surface area contributed by atoms with Gasteiger partial charge in [0.1, 0.15) is 12.4 Å². The second-order valence-corrected chi connectivity index (χ2v) is 3.87. The molecule has 2 aromatic rings. The number of rotatable bonds is 4. The highest BCUT2D eigenvalue weighted by Gasteiger charge is 2.09. The SMILES string of the molecule is CNc1cc(-c2ccc(F)c(F)c2)nc(COC)n1. The van der Waals surface area contributed by atoms with Gasteiger partial charge in [-0.05, 0) is 18.2 Å². The highest BCUT2D eigenvalue weighted by molar-refractivity contribution is 5.62. The van der Waals surface area contributed by atoms with E-state index in [1.54, 1.807) is 13.1 Å². The van der Waals surface area contributed by atoms with E-state index in [-0.39, 0.29) is 6.61 Å². The second kappa shape index (κ2) is 5.71. The summed E-state index contributed by atoms with van der Waals surface area (Å²) in [6.45, 7) is 0.242. The van der Waals surface area contributed by atoms with Crippen LogP contribution < -0.4 is 5.32 Å². The first-order valence-corrected chi connectivity index (χ1v) is 5.64. The van der Waals surface area contributed by atoms with Crippen LogP contribution in [0, 0.1) is 11.6 Å². The zero-order chi connectivity index (χ0) is 13.8. The molecule has 0 bridgehead atoms. The predicted octanol–water partition coefficient (Wildman–Crippen LogP) is 2.61. The zero-order valence-electron chi connectivity index (χ0n) is 10.6. The van der Waals surface area contributed by atoms with Crippen molar-refractivity contribution in [3.8, 4) is 11.3 Å². The Morgan fingerprint density at radius 1 is 1.16 bits per heavy atom. The van der Waals surface area contributed by atoms with Crippen LogP contribution in [0.1, 0.15) is 5.82 Å². The number of anilines is 1. The molecule has 6 heteroatoms. The lowest BCUT2D eigenvalue weighted by molar-refractivity contribution is 0.178. The molecular weight excluding hydrogens is 252 g/mol. The number of hydrogen-bond acceptors (Lipinski definition) is 4. The fourth-order valence-electron chi connectivity index (χ4n) is 1.62. The molecule has 0 saturated heterocycles. The predicted molar refractivity (Wildman–Crippen MR) is 67.6 cm³/mol. The van der Waals surface area contributed by atoms with Crippen LogP contribution in [0.25, 0.3) is 11.3 Å². The third kappa shape index (κ3) is 3.03. The van der Waals surface area contributed by atoms with E-state index in [2.05, 4.69) is 15.3 Å². The van der Waals surface area contributed by atoms with Crippen molar-refractivity contribution in [3.63, 3.8) is 0 Å². The summed E-state index contributed by atoms with van der Waals surface area (Å²) < 4.78 is 31.1. The summed E-state index contributed by atoms with van der Waals surface area (Å²) in [6.07, 6.45) is 0. The lowest BCUT2D eigenvalue weighted by atomic mass is 10.1. The lowest BCUT2D eigenvalue weighted by Gasteiger charge is -2.08. The van der Waals surface area contributed by atoms with Crippen molar-refractivity contribution in [1.82, 2.24) is 9.97 Å². The fraction of sp³-hybridized carbons (Fsp3) is 0.231. The molecule has 1 aromatic heterocycles. The molecule has 0 fully saturated rings. The van der Waals surface area contributed by atoms with Crippen LogP contribution in [0.5, 0.6) is 0 Å². The van der Waals surface area contributed by atoms with Gasteiger partial charge in [0, 0.05) is 25.8 Å². The van der Waals surface area contributed by atoms with Crippen LogP contribution in [0.15, 0.2) is 24.3 Å². The Kier molecular flexibility index (Phi) is 4.01. The molecule has 19 heavy (non-hydrogen) atoms. The number of hydrogen-bond donors (Lipinski definition) is 1. The van der Waals surface area contributed by atoms with Crippen molar-refractivity contribution in [2.24, 2.45) is 0 Å². The summed E-state index contributed by atoms with van der Waals surface area (Å²) >= 11 is 0. The van der Waals surface area contributed by atoms with Crippen LogP contribution >= 0.6 is 0 Å². The summed E-state index contributed by atoms with van der Waals surface area (Å²) in [5.74, 6) is -0.741. The van der Waals surface area contributed by atoms with E-state index in [9.17, 15) is 8.78 Å². The minimum absolute atomic E-state index is 0.242. The molecule has 1 N–H and O–H groups in total. The number of benzene rings is 1. The summed E-state index contributed by atoms with van der Waals surface area (Å²) in [6, 6.07) is 5.30. The summed E-state index contributed by atoms with van der Waals surface area (Å²) in [4.78, 5) is 8.44. The average molecular weight is 265 g/mol. The molecule has 4 nitrogen and oxygen atoms in total. The smallest absolute Gasteiger partial charge is 0.159 e. The summed E-state index contributed by atoms with van der Waals surface area (Å²) in [7, 11) is 3.25. The van der Waals surface area contributed by atoms with Gasteiger partial charge in [0.15, 0.2) is 17.5 Å². The third-order valence-electron chi connectivity index (χ3n) is 2.52. The molecule has 0 aliphatic rings. The Bertz CT molecular complexity index is 590. The molecule has 0 aliphatic heterocycles. The number of ether oxygens (including phenoxy) is 1. The molecule has 0 saturated carbocycles. The Morgan fingerprint density at radius 3 is 2.58 bits per heavy atom. The van der Waals surface area contributed by atoms with Gasteiger partial charge >= 0.3 is 0 Å². The minimum atomic E-state index is -0.907. The van der Waals surface area contributed by atoms with Crippen molar-refractivity contribution < 1.29 is 13.5 Å². The van der Waals surface area contributed by atoms with Gasteiger partial charge in [-0.3, -0.25) is 0 Å². The van der Waals surface area contributed by atoms with E-state index in [4.69, 9.17) is 4.74 Å². The molecular formula is C13H13F2N3O. The largest absolute Gasteiger partial charge is 0.377 e. The first kappa shape index (κ1) is 13.4.